The highest BCUT2D eigenvalue weighted by atomic mass is 16.7. The fourth-order valence-corrected chi connectivity index (χ4v) is 1.82. The van der Waals surface area contributed by atoms with Crippen LogP contribution in [0.3, 0.4) is 0 Å². The smallest absolute Gasteiger partial charge is 0.344 e. The van der Waals surface area contributed by atoms with Crippen molar-refractivity contribution in [3.8, 4) is 17.2 Å². The Bertz CT molecular complexity index is 486. The van der Waals surface area contributed by atoms with Gasteiger partial charge in [0.05, 0.1) is 0 Å². The van der Waals surface area contributed by atoms with Gasteiger partial charge < -0.3 is 25.1 Å². The number of fused-ring (bicyclic) bond motifs is 1. The average molecular weight is 267 g/mol. The van der Waals surface area contributed by atoms with Crippen LogP contribution in [-0.2, 0) is 11.2 Å². The summed E-state index contributed by atoms with van der Waals surface area (Å²) >= 11 is 0. The Kier molecular flexibility index (Phi) is 3.80. The Balaban J connectivity index is 2.30. The summed E-state index contributed by atoms with van der Waals surface area (Å²) < 4.78 is 16.0. The summed E-state index contributed by atoms with van der Waals surface area (Å²) in [5, 5.41) is 8.90. The maximum Gasteiger partial charge on any atom is 0.344 e. The fourth-order valence-electron chi connectivity index (χ4n) is 1.82. The number of aliphatic carboxylic acids is 1. The second-order valence-electron chi connectivity index (χ2n) is 4.59. The molecule has 0 saturated carbocycles. The molecule has 104 valence electrons. The third-order valence-electron chi connectivity index (χ3n) is 2.75. The molecule has 6 nitrogen and oxygen atoms in total. The van der Waals surface area contributed by atoms with Gasteiger partial charge in [-0.15, -0.1) is 0 Å². The summed E-state index contributed by atoms with van der Waals surface area (Å²) in [5.74, 6) is 0.632. The summed E-state index contributed by atoms with van der Waals surface area (Å²) in [7, 11) is 0. The van der Waals surface area contributed by atoms with Crippen LogP contribution in [0.25, 0.3) is 0 Å². The standard InChI is InChI=1S/C13H17NO5/c1-7(14)3-9-4-11-12(18-6-17-11)5-10(9)19-8(2)13(15)16/h4-5,7-8H,3,6,14H2,1-2H3,(H,15,16). The van der Waals surface area contributed by atoms with Gasteiger partial charge in [-0.25, -0.2) is 4.79 Å². The molecule has 1 aromatic rings. The van der Waals surface area contributed by atoms with Crippen LogP contribution in [-0.4, -0.2) is 30.0 Å². The molecule has 0 bridgehead atoms. The van der Waals surface area contributed by atoms with Crippen molar-refractivity contribution in [2.75, 3.05) is 6.79 Å². The van der Waals surface area contributed by atoms with Crippen LogP contribution in [0.1, 0.15) is 19.4 Å². The minimum absolute atomic E-state index is 0.0668. The third-order valence-corrected chi connectivity index (χ3v) is 2.75. The largest absolute Gasteiger partial charge is 0.479 e. The molecule has 2 rings (SSSR count). The molecule has 0 amide bonds. The molecule has 19 heavy (non-hydrogen) atoms. The van der Waals surface area contributed by atoms with Crippen molar-refractivity contribution in [3.63, 3.8) is 0 Å². The molecule has 0 radical (unpaired) electrons. The normalized spacial score (nSPS) is 15.9. The number of hydrogen-bond donors (Lipinski definition) is 2. The summed E-state index contributed by atoms with van der Waals surface area (Å²) in [4.78, 5) is 10.9. The SMILES string of the molecule is CC(N)Cc1cc2c(cc1OC(C)C(=O)O)OCO2. The van der Waals surface area contributed by atoms with Gasteiger partial charge in [-0.2, -0.15) is 0 Å². The van der Waals surface area contributed by atoms with Crippen LogP contribution in [0.4, 0.5) is 0 Å². The quantitative estimate of drug-likeness (QED) is 0.831. The molecule has 0 spiro atoms. The molecule has 3 N–H and O–H groups in total. The molecule has 0 fully saturated rings. The van der Waals surface area contributed by atoms with E-state index in [1.807, 2.05) is 6.92 Å². The highest BCUT2D eigenvalue weighted by Gasteiger charge is 2.21. The Morgan fingerprint density at radius 2 is 2.05 bits per heavy atom. The van der Waals surface area contributed by atoms with Crippen molar-refractivity contribution < 1.29 is 24.1 Å². The number of hydrogen-bond acceptors (Lipinski definition) is 5. The molecule has 2 unspecified atom stereocenters. The lowest BCUT2D eigenvalue weighted by Gasteiger charge is -2.16. The average Bonchev–Trinajstić information content (AvgIpc) is 2.75. The van der Waals surface area contributed by atoms with E-state index in [1.54, 1.807) is 12.1 Å². The predicted molar refractivity (Wildman–Crippen MR) is 67.6 cm³/mol. The molecular formula is C13H17NO5. The number of nitrogens with two attached hydrogens (primary N) is 1. The molecule has 1 aliphatic rings. The molecule has 0 saturated heterocycles. The van der Waals surface area contributed by atoms with Gasteiger partial charge in [-0.05, 0) is 31.9 Å². The van der Waals surface area contributed by atoms with Crippen molar-refractivity contribution >= 4 is 5.97 Å². The van der Waals surface area contributed by atoms with Gasteiger partial charge >= 0.3 is 5.97 Å². The van der Waals surface area contributed by atoms with Crippen LogP contribution in [0.5, 0.6) is 17.2 Å². The zero-order valence-corrected chi connectivity index (χ0v) is 10.9. The van der Waals surface area contributed by atoms with Gasteiger partial charge in [-0.3, -0.25) is 0 Å². The molecule has 1 heterocycles. The number of benzene rings is 1. The monoisotopic (exact) mass is 267 g/mol. The Hall–Kier alpha value is -1.95. The van der Waals surface area contributed by atoms with Crippen molar-refractivity contribution in [1.82, 2.24) is 0 Å². The molecule has 1 aliphatic heterocycles. The first-order chi connectivity index (χ1) is 8.97. The van der Waals surface area contributed by atoms with Gasteiger partial charge in [0, 0.05) is 12.1 Å². The number of carboxylic acids is 1. The maximum absolute atomic E-state index is 10.9. The molecule has 2 atom stereocenters. The summed E-state index contributed by atoms with van der Waals surface area (Å²) in [6, 6.07) is 3.37. The first-order valence-corrected chi connectivity index (χ1v) is 6.05. The molecule has 0 aromatic heterocycles. The molecule has 6 heteroatoms. The van der Waals surface area contributed by atoms with E-state index in [4.69, 9.17) is 25.1 Å². The lowest BCUT2D eigenvalue weighted by molar-refractivity contribution is -0.144. The van der Waals surface area contributed by atoms with Gasteiger partial charge in [0.1, 0.15) is 5.75 Å². The van der Waals surface area contributed by atoms with Crippen LogP contribution in [0.15, 0.2) is 12.1 Å². The van der Waals surface area contributed by atoms with E-state index in [2.05, 4.69) is 0 Å². The highest BCUT2D eigenvalue weighted by molar-refractivity contribution is 5.72. The van der Waals surface area contributed by atoms with E-state index in [-0.39, 0.29) is 12.8 Å². The topological polar surface area (TPSA) is 91.0 Å². The summed E-state index contributed by atoms with van der Waals surface area (Å²) in [5.41, 5.74) is 6.60. The lowest BCUT2D eigenvalue weighted by atomic mass is 10.1. The summed E-state index contributed by atoms with van der Waals surface area (Å²) in [6.45, 7) is 3.50. The Labute approximate surface area is 111 Å². The molecular weight excluding hydrogens is 250 g/mol. The first kappa shape index (κ1) is 13.5. The molecule has 1 aromatic carbocycles. The second-order valence-corrected chi connectivity index (χ2v) is 4.59. The minimum Gasteiger partial charge on any atom is -0.479 e. The van der Waals surface area contributed by atoms with Crippen LogP contribution < -0.4 is 19.9 Å². The van der Waals surface area contributed by atoms with Gasteiger partial charge in [-0.1, -0.05) is 0 Å². The number of ether oxygens (including phenoxy) is 3. The van der Waals surface area contributed by atoms with Crippen molar-refractivity contribution in [2.24, 2.45) is 5.73 Å². The molecule has 0 aliphatic carbocycles. The number of carboxylic acid groups (broad SMARTS) is 1. The van der Waals surface area contributed by atoms with E-state index < -0.39 is 12.1 Å². The highest BCUT2D eigenvalue weighted by Crippen LogP contribution is 2.38. The van der Waals surface area contributed by atoms with E-state index in [0.29, 0.717) is 23.7 Å². The fraction of sp³-hybridized carbons (Fsp3) is 0.462. The van der Waals surface area contributed by atoms with Gasteiger partial charge in [0.15, 0.2) is 17.6 Å². The van der Waals surface area contributed by atoms with E-state index in [1.165, 1.54) is 6.92 Å². The number of carbonyl (C=O) groups is 1. The Morgan fingerprint density at radius 1 is 1.42 bits per heavy atom. The zero-order valence-electron chi connectivity index (χ0n) is 10.9. The maximum atomic E-state index is 10.9. The van der Waals surface area contributed by atoms with E-state index in [0.717, 1.165) is 5.56 Å². The van der Waals surface area contributed by atoms with Crippen LogP contribution >= 0.6 is 0 Å². The van der Waals surface area contributed by atoms with E-state index >= 15 is 0 Å². The van der Waals surface area contributed by atoms with Crippen LogP contribution in [0, 0.1) is 0 Å². The lowest BCUT2D eigenvalue weighted by Crippen LogP contribution is -2.24. The summed E-state index contributed by atoms with van der Waals surface area (Å²) in [6.07, 6.45) is -0.370. The van der Waals surface area contributed by atoms with Crippen LogP contribution in [0.2, 0.25) is 0 Å². The minimum atomic E-state index is -1.02. The second kappa shape index (κ2) is 5.36. The first-order valence-electron chi connectivity index (χ1n) is 6.05. The van der Waals surface area contributed by atoms with E-state index in [9.17, 15) is 4.79 Å². The van der Waals surface area contributed by atoms with Gasteiger partial charge in [0.2, 0.25) is 6.79 Å². The van der Waals surface area contributed by atoms with Gasteiger partial charge in [0.25, 0.3) is 0 Å². The Morgan fingerprint density at radius 3 is 2.63 bits per heavy atom. The van der Waals surface area contributed by atoms with Crippen molar-refractivity contribution in [1.29, 1.82) is 0 Å². The van der Waals surface area contributed by atoms with Crippen molar-refractivity contribution in [3.05, 3.63) is 17.7 Å². The zero-order chi connectivity index (χ0) is 14.0. The third kappa shape index (κ3) is 3.08. The van der Waals surface area contributed by atoms with Crippen molar-refractivity contribution in [2.45, 2.75) is 32.4 Å². The number of rotatable bonds is 5. The predicted octanol–water partition coefficient (Wildman–Crippen LogP) is 1.16.